The molecule has 6 N–H and O–H groups in total. The lowest BCUT2D eigenvalue weighted by Gasteiger charge is -2.32. The van der Waals surface area contributed by atoms with E-state index in [1.165, 1.54) is 0 Å². The van der Waals surface area contributed by atoms with Crippen LogP contribution in [0.3, 0.4) is 0 Å². The van der Waals surface area contributed by atoms with Crippen molar-refractivity contribution in [2.24, 2.45) is 17.3 Å². The number of carbonyl (C=O) groups is 9. The number of aliphatic carboxylic acids is 1. The van der Waals surface area contributed by atoms with Crippen molar-refractivity contribution in [3.63, 3.8) is 0 Å². The molecule has 0 aliphatic carbocycles. The van der Waals surface area contributed by atoms with E-state index < -0.39 is 41.4 Å². The first-order chi connectivity index (χ1) is 40.2. The van der Waals surface area contributed by atoms with Gasteiger partial charge in [0.1, 0.15) is 41.4 Å². The molecule has 3 unspecified atom stereocenters. The second kappa shape index (κ2) is 44.5. The summed E-state index contributed by atoms with van der Waals surface area (Å²) < 4.78 is 11.0. The molecule has 0 spiro atoms. The largest absolute Gasteiger partial charge is 0.480 e. The van der Waals surface area contributed by atoms with Gasteiger partial charge in [-0.3, -0.25) is 43.5 Å². The summed E-state index contributed by atoms with van der Waals surface area (Å²) in [5.41, 5.74) is -0.731. The fourth-order valence-corrected chi connectivity index (χ4v) is 9.90. The van der Waals surface area contributed by atoms with E-state index in [0.29, 0.717) is 89.5 Å². The standard InChI is InChI=1S/C46H84N4O10.C17H25N3O4/c1-35(2)33-39(49-42(53)28-19-13-8-7-11-17-25-37(5)51)45(57)59-31-23-15-16-24-32-60-46(58)40(34-36(3)4)50-43(54)29-20-14-10-9-12-18-27-41(52)48-30-22-21-26-38(47-6)44(55)56;21-12-14(9-18-1-2-18)17(13-22,7-15(23)10-19-3-4-19)8-16(24)11-20-5-6-20/h35-36,38-40,47H,7-34H2,1-6H3,(H,48,52)(H,49,53)(H,50,54)(H,55,56);22H,1-11,13H2. The first kappa shape index (κ1) is 75.2. The minimum absolute atomic E-state index is 0.0172. The van der Waals surface area contributed by atoms with Gasteiger partial charge in [0.15, 0.2) is 0 Å². The molecule has 3 aliphatic rings. The number of rotatable bonds is 52. The van der Waals surface area contributed by atoms with Gasteiger partial charge in [0.25, 0.3) is 0 Å². The molecule has 3 heterocycles. The van der Waals surface area contributed by atoms with Crippen LogP contribution in [0.2, 0.25) is 0 Å². The van der Waals surface area contributed by atoms with Crippen LogP contribution in [0.15, 0.2) is 5.57 Å². The zero-order valence-corrected chi connectivity index (χ0v) is 52.3. The number of esters is 2. The number of unbranched alkanes of at least 4 members (excludes halogenated alkanes) is 14. The molecule has 0 saturated carbocycles. The van der Waals surface area contributed by atoms with Crippen LogP contribution in [0.1, 0.15) is 208 Å². The fourth-order valence-electron chi connectivity index (χ4n) is 9.90. The summed E-state index contributed by atoms with van der Waals surface area (Å²) in [5, 5.41) is 30.5. The SMILES string of the molecule is CNC(CCCCNC(=O)CCCCCCCCC(=O)NC(CC(C)C)C(=O)OCCCCCCOC(=O)C(CC(C)C)NC(=O)CCCCCCCCC(C)=O)C(=O)O.O=C=C(CN1CC1)C(CO)(CC(=O)CN1CC1)CC(=O)CN1CC1. The number of carboxylic acids is 1. The van der Waals surface area contributed by atoms with Crippen molar-refractivity contribution in [2.45, 2.75) is 226 Å². The first-order valence-electron chi connectivity index (χ1n) is 31.8. The Bertz CT molecular complexity index is 2010. The lowest BCUT2D eigenvalue weighted by molar-refractivity contribution is -0.149. The number of carbonyl (C=O) groups excluding carboxylic acids is 9. The maximum Gasteiger partial charge on any atom is 0.328 e. The predicted octanol–water partition coefficient (Wildman–Crippen LogP) is 6.07. The van der Waals surface area contributed by atoms with Crippen molar-refractivity contribution >= 4 is 58.9 Å². The zero-order valence-electron chi connectivity index (χ0n) is 52.3. The van der Waals surface area contributed by atoms with Gasteiger partial charge in [0.05, 0.1) is 32.9 Å². The number of likely N-dealkylation sites (N-methyl/N-ethyl adjacent to an activating group) is 1. The van der Waals surface area contributed by atoms with Gasteiger partial charge in [-0.05, 0) is 109 Å². The van der Waals surface area contributed by atoms with Crippen LogP contribution in [0.5, 0.6) is 0 Å². The molecule has 480 valence electrons. The molecule has 0 aromatic carbocycles. The number of hydrogen-bond donors (Lipinski definition) is 6. The fraction of sp³-hybridized carbons (Fsp3) is 0.825. The summed E-state index contributed by atoms with van der Waals surface area (Å²) in [6.07, 6.45) is 18.8. The van der Waals surface area contributed by atoms with E-state index in [9.17, 15) is 53.1 Å². The third kappa shape index (κ3) is 38.2. The number of aliphatic hydroxyl groups excluding tert-OH is 1. The molecule has 0 aromatic rings. The first-order valence-corrected chi connectivity index (χ1v) is 31.8. The number of Topliss-reactive ketones (excluding diaryl/α,β-unsaturated/α-hetero) is 3. The van der Waals surface area contributed by atoms with E-state index in [4.69, 9.17) is 14.6 Å². The van der Waals surface area contributed by atoms with Gasteiger partial charge in [-0.2, -0.15) is 0 Å². The maximum absolute atomic E-state index is 12.9. The number of nitrogens with zero attached hydrogens (tertiary/aromatic N) is 3. The third-order valence-electron chi connectivity index (χ3n) is 15.2. The third-order valence-corrected chi connectivity index (χ3v) is 15.2. The van der Waals surface area contributed by atoms with Gasteiger partial charge >= 0.3 is 17.9 Å². The Labute approximate surface area is 502 Å². The Morgan fingerprint density at radius 2 is 0.917 bits per heavy atom. The van der Waals surface area contributed by atoms with Gasteiger partial charge < -0.3 is 45.7 Å². The van der Waals surface area contributed by atoms with Crippen molar-refractivity contribution in [2.75, 3.05) is 92.3 Å². The summed E-state index contributed by atoms with van der Waals surface area (Å²) >= 11 is 0. The van der Waals surface area contributed by atoms with Crippen molar-refractivity contribution in [3.05, 3.63) is 5.57 Å². The Kier molecular flexibility index (Phi) is 39.8. The summed E-state index contributed by atoms with van der Waals surface area (Å²) in [4.78, 5) is 127. The molecule has 21 nitrogen and oxygen atoms in total. The van der Waals surface area contributed by atoms with E-state index in [2.05, 4.69) is 21.3 Å². The molecule has 3 atom stereocenters. The van der Waals surface area contributed by atoms with Crippen molar-refractivity contribution in [1.82, 2.24) is 36.0 Å². The minimum Gasteiger partial charge on any atom is -0.480 e. The maximum atomic E-state index is 12.9. The highest BCUT2D eigenvalue weighted by molar-refractivity contribution is 5.87. The van der Waals surface area contributed by atoms with Crippen LogP contribution >= 0.6 is 0 Å². The molecule has 3 fully saturated rings. The number of carboxylic acid groups (broad SMARTS) is 1. The van der Waals surface area contributed by atoms with Gasteiger partial charge in [-0.1, -0.05) is 79.1 Å². The molecule has 3 saturated heterocycles. The van der Waals surface area contributed by atoms with Crippen molar-refractivity contribution < 1.29 is 67.6 Å². The molecule has 21 heteroatoms. The summed E-state index contributed by atoms with van der Waals surface area (Å²) in [5.74, 6) is 0.556. The minimum atomic E-state index is -1.09. The second-order valence-corrected chi connectivity index (χ2v) is 24.5. The van der Waals surface area contributed by atoms with Gasteiger partial charge in [-0.25, -0.2) is 14.4 Å². The molecule has 3 rings (SSSR count). The summed E-state index contributed by atoms with van der Waals surface area (Å²) in [7, 11) is 1.63. The Morgan fingerprint density at radius 3 is 1.29 bits per heavy atom. The number of ketones is 3. The highest BCUT2D eigenvalue weighted by Crippen LogP contribution is 2.36. The molecule has 3 aliphatic heterocycles. The smallest absolute Gasteiger partial charge is 0.328 e. The zero-order chi connectivity index (χ0) is 62.1. The van der Waals surface area contributed by atoms with Crippen LogP contribution in [0.25, 0.3) is 0 Å². The Morgan fingerprint density at radius 1 is 0.524 bits per heavy atom. The summed E-state index contributed by atoms with van der Waals surface area (Å²) in [6, 6.07) is -1.91. The highest BCUT2D eigenvalue weighted by Gasteiger charge is 2.42. The topological polar surface area (TPSA) is 287 Å². The van der Waals surface area contributed by atoms with Gasteiger partial charge in [-0.15, -0.1) is 0 Å². The number of aliphatic hydroxyl groups is 1. The molecular weight excluding hydrogens is 1080 g/mol. The highest BCUT2D eigenvalue weighted by atomic mass is 16.5. The van der Waals surface area contributed by atoms with Crippen LogP contribution in [0.4, 0.5) is 0 Å². The average molecular weight is 1190 g/mol. The molecule has 0 bridgehead atoms. The molecule has 3 amide bonds. The quantitative estimate of drug-likeness (QED) is 0.0174. The van der Waals surface area contributed by atoms with Gasteiger partial charge in [0.2, 0.25) is 17.7 Å². The van der Waals surface area contributed by atoms with E-state index in [-0.39, 0.29) is 79.6 Å². The normalized spacial score (nSPS) is 15.0. The monoisotopic (exact) mass is 1190 g/mol. The molecular formula is C63H109N7O14. The summed E-state index contributed by atoms with van der Waals surface area (Å²) in [6.45, 7) is 16.8. The van der Waals surface area contributed by atoms with Crippen LogP contribution in [-0.2, 0) is 57.4 Å². The molecule has 0 radical (unpaired) electrons. The second-order valence-electron chi connectivity index (χ2n) is 24.5. The average Bonchev–Trinajstić information content (AvgIpc) is 4.47. The van der Waals surface area contributed by atoms with Crippen LogP contribution in [-0.4, -0.2) is 194 Å². The van der Waals surface area contributed by atoms with Crippen molar-refractivity contribution in [1.29, 1.82) is 0 Å². The molecule has 84 heavy (non-hydrogen) atoms. The lowest BCUT2D eigenvalue weighted by Crippen LogP contribution is -2.42. The van der Waals surface area contributed by atoms with E-state index in [1.54, 1.807) is 14.0 Å². The number of amides is 3. The van der Waals surface area contributed by atoms with Crippen LogP contribution < -0.4 is 21.3 Å². The Balaban J connectivity index is 0.000000819. The van der Waals surface area contributed by atoms with Crippen LogP contribution in [0, 0.1) is 17.3 Å². The lowest BCUT2D eigenvalue weighted by atomic mass is 9.73. The van der Waals surface area contributed by atoms with Crippen molar-refractivity contribution in [3.8, 4) is 0 Å². The van der Waals surface area contributed by atoms with Gasteiger partial charge in [0, 0.05) is 102 Å². The Hall–Kier alpha value is -4.92. The van der Waals surface area contributed by atoms with E-state index >= 15 is 0 Å². The number of hydrogen-bond acceptors (Lipinski definition) is 17. The van der Waals surface area contributed by atoms with E-state index in [1.807, 2.05) is 48.3 Å². The number of nitrogens with one attached hydrogen (secondary N) is 4. The molecule has 0 aromatic heterocycles. The number of ether oxygens (including phenoxy) is 2. The predicted molar refractivity (Wildman–Crippen MR) is 322 cm³/mol. The van der Waals surface area contributed by atoms with E-state index in [0.717, 1.165) is 142 Å².